The molecule has 4 heterocycles. The standard InChI is InChI=1S/C21H20ClN7O/c1-27-20(15-5-7-23-8-6-15)25-26-21(27)29-9-10-30-13-19(29)18-12-28(14-24-18)17-4-2-3-16(22)11-17/h2-8,11-12,14,19H,9-10,13H2,1H3/t19-/m0/s1. The smallest absolute Gasteiger partial charge is 0.227 e. The van der Waals surface area contributed by atoms with Crippen molar-refractivity contribution in [1.82, 2.24) is 29.3 Å². The van der Waals surface area contributed by atoms with Crippen LogP contribution in [0.3, 0.4) is 0 Å². The molecule has 3 aromatic heterocycles. The Morgan fingerprint density at radius 1 is 1.13 bits per heavy atom. The molecule has 9 heteroatoms. The first-order chi connectivity index (χ1) is 14.7. The molecule has 1 saturated heterocycles. The molecule has 0 spiro atoms. The van der Waals surface area contributed by atoms with Gasteiger partial charge in [-0.3, -0.25) is 9.55 Å². The lowest BCUT2D eigenvalue weighted by atomic mass is 10.2. The van der Waals surface area contributed by atoms with Gasteiger partial charge in [0, 0.05) is 48.5 Å². The summed E-state index contributed by atoms with van der Waals surface area (Å²) in [6.45, 7) is 1.87. The lowest BCUT2D eigenvalue weighted by Gasteiger charge is -2.35. The van der Waals surface area contributed by atoms with Crippen LogP contribution in [0, 0.1) is 0 Å². The number of aromatic nitrogens is 6. The molecule has 1 fully saturated rings. The van der Waals surface area contributed by atoms with Crippen LogP contribution in [0.5, 0.6) is 0 Å². The van der Waals surface area contributed by atoms with Crippen LogP contribution in [0.15, 0.2) is 61.3 Å². The zero-order chi connectivity index (χ0) is 20.5. The van der Waals surface area contributed by atoms with Gasteiger partial charge in [-0.25, -0.2) is 4.98 Å². The van der Waals surface area contributed by atoms with Crippen molar-refractivity contribution >= 4 is 17.5 Å². The molecule has 0 bridgehead atoms. The highest BCUT2D eigenvalue weighted by Gasteiger charge is 2.30. The predicted molar refractivity (Wildman–Crippen MR) is 114 cm³/mol. The third-order valence-corrected chi connectivity index (χ3v) is 5.46. The van der Waals surface area contributed by atoms with E-state index in [1.165, 1.54) is 0 Å². The normalized spacial score (nSPS) is 16.7. The van der Waals surface area contributed by atoms with Crippen LogP contribution in [-0.2, 0) is 11.8 Å². The monoisotopic (exact) mass is 421 g/mol. The van der Waals surface area contributed by atoms with E-state index < -0.39 is 0 Å². The van der Waals surface area contributed by atoms with E-state index in [4.69, 9.17) is 16.3 Å². The van der Waals surface area contributed by atoms with E-state index in [0.717, 1.165) is 28.7 Å². The van der Waals surface area contributed by atoms with E-state index in [-0.39, 0.29) is 6.04 Å². The van der Waals surface area contributed by atoms with Crippen LogP contribution in [0.25, 0.3) is 17.1 Å². The number of rotatable bonds is 4. The highest BCUT2D eigenvalue weighted by Crippen LogP contribution is 2.30. The Morgan fingerprint density at radius 3 is 2.83 bits per heavy atom. The highest BCUT2D eigenvalue weighted by molar-refractivity contribution is 6.30. The molecule has 8 nitrogen and oxygen atoms in total. The third-order valence-electron chi connectivity index (χ3n) is 5.23. The van der Waals surface area contributed by atoms with E-state index in [1.807, 2.05) is 58.8 Å². The minimum atomic E-state index is -0.0626. The van der Waals surface area contributed by atoms with Gasteiger partial charge in [-0.15, -0.1) is 10.2 Å². The summed E-state index contributed by atoms with van der Waals surface area (Å²) in [6.07, 6.45) is 7.32. The largest absolute Gasteiger partial charge is 0.377 e. The molecule has 0 radical (unpaired) electrons. The number of morpholine rings is 1. The van der Waals surface area contributed by atoms with Crippen LogP contribution < -0.4 is 4.90 Å². The minimum Gasteiger partial charge on any atom is -0.377 e. The first kappa shape index (κ1) is 18.8. The maximum absolute atomic E-state index is 6.14. The van der Waals surface area contributed by atoms with Crippen LogP contribution in [0.1, 0.15) is 11.7 Å². The number of nitrogens with zero attached hydrogens (tertiary/aromatic N) is 7. The summed E-state index contributed by atoms with van der Waals surface area (Å²) in [7, 11) is 1.97. The van der Waals surface area contributed by atoms with Crippen LogP contribution in [0.2, 0.25) is 5.02 Å². The fourth-order valence-corrected chi connectivity index (χ4v) is 3.88. The molecule has 0 amide bonds. The summed E-state index contributed by atoms with van der Waals surface area (Å²) in [5.41, 5.74) is 2.84. The molecule has 4 aromatic rings. The molecule has 30 heavy (non-hydrogen) atoms. The number of ether oxygens (including phenoxy) is 1. The number of anilines is 1. The van der Waals surface area contributed by atoms with Gasteiger partial charge in [0.25, 0.3) is 0 Å². The molecule has 0 saturated carbocycles. The van der Waals surface area contributed by atoms with Gasteiger partial charge < -0.3 is 14.2 Å². The second-order valence-electron chi connectivity index (χ2n) is 7.09. The van der Waals surface area contributed by atoms with Crippen molar-refractivity contribution in [3.05, 3.63) is 72.0 Å². The summed E-state index contributed by atoms with van der Waals surface area (Å²) in [4.78, 5) is 10.9. The summed E-state index contributed by atoms with van der Waals surface area (Å²) >= 11 is 6.14. The van der Waals surface area contributed by atoms with Crippen LogP contribution >= 0.6 is 11.6 Å². The first-order valence-corrected chi connectivity index (χ1v) is 10.0. The third kappa shape index (κ3) is 3.44. The highest BCUT2D eigenvalue weighted by atomic mass is 35.5. The molecule has 1 aliphatic heterocycles. The zero-order valence-electron chi connectivity index (χ0n) is 16.4. The second kappa shape index (κ2) is 7.89. The molecular formula is C21H20ClN7O. The molecule has 152 valence electrons. The Hall–Kier alpha value is -3.23. The molecule has 0 unspecified atom stereocenters. The lowest BCUT2D eigenvalue weighted by Crippen LogP contribution is -2.41. The van der Waals surface area contributed by atoms with Gasteiger partial charge in [-0.2, -0.15) is 0 Å². The van der Waals surface area contributed by atoms with Gasteiger partial charge in [0.15, 0.2) is 5.82 Å². The average molecular weight is 422 g/mol. The van der Waals surface area contributed by atoms with Crippen LogP contribution in [-0.4, -0.2) is 49.1 Å². The van der Waals surface area contributed by atoms with Crippen molar-refractivity contribution in [3.8, 4) is 17.1 Å². The number of pyridine rings is 1. The minimum absolute atomic E-state index is 0.0626. The van der Waals surface area contributed by atoms with Gasteiger partial charge in [0.05, 0.1) is 31.3 Å². The van der Waals surface area contributed by atoms with E-state index in [0.29, 0.717) is 24.8 Å². The number of benzene rings is 1. The predicted octanol–water partition coefficient (Wildman–Crippen LogP) is 3.29. The summed E-state index contributed by atoms with van der Waals surface area (Å²) in [5, 5.41) is 9.58. The van der Waals surface area contributed by atoms with Crippen molar-refractivity contribution in [3.63, 3.8) is 0 Å². The zero-order valence-corrected chi connectivity index (χ0v) is 17.1. The van der Waals surface area contributed by atoms with E-state index >= 15 is 0 Å². The van der Waals surface area contributed by atoms with Gasteiger partial charge in [0.1, 0.15) is 0 Å². The fourth-order valence-electron chi connectivity index (χ4n) is 3.70. The first-order valence-electron chi connectivity index (χ1n) is 9.65. The van der Waals surface area contributed by atoms with E-state index in [1.54, 1.807) is 18.7 Å². The molecule has 0 N–H and O–H groups in total. The molecule has 1 atom stereocenters. The van der Waals surface area contributed by atoms with Gasteiger partial charge in [-0.1, -0.05) is 17.7 Å². The SMILES string of the molecule is Cn1c(-c2ccncc2)nnc1N1CCOC[C@H]1c1cn(-c2cccc(Cl)c2)cn1. The number of halogens is 1. The van der Waals surface area contributed by atoms with Crippen molar-refractivity contribution in [2.75, 3.05) is 24.7 Å². The Bertz CT molecular complexity index is 1160. The summed E-state index contributed by atoms with van der Waals surface area (Å²) in [6, 6.07) is 11.5. The lowest BCUT2D eigenvalue weighted by molar-refractivity contribution is 0.0919. The van der Waals surface area contributed by atoms with Crippen molar-refractivity contribution in [2.24, 2.45) is 7.05 Å². The van der Waals surface area contributed by atoms with Gasteiger partial charge in [0.2, 0.25) is 5.95 Å². The number of hydrogen-bond acceptors (Lipinski definition) is 6. The Balaban J connectivity index is 1.47. The average Bonchev–Trinajstić information content (AvgIpc) is 3.42. The Morgan fingerprint density at radius 2 is 2.00 bits per heavy atom. The second-order valence-corrected chi connectivity index (χ2v) is 7.52. The van der Waals surface area contributed by atoms with Crippen molar-refractivity contribution in [2.45, 2.75) is 6.04 Å². The summed E-state index contributed by atoms with van der Waals surface area (Å²) < 4.78 is 9.74. The van der Waals surface area contributed by atoms with Gasteiger partial charge >= 0.3 is 0 Å². The maximum atomic E-state index is 6.14. The Labute approximate surface area is 178 Å². The fraction of sp³-hybridized carbons (Fsp3) is 0.238. The van der Waals surface area contributed by atoms with E-state index in [2.05, 4.69) is 25.1 Å². The van der Waals surface area contributed by atoms with Crippen molar-refractivity contribution in [1.29, 1.82) is 0 Å². The molecule has 0 aliphatic carbocycles. The van der Waals surface area contributed by atoms with Gasteiger partial charge in [-0.05, 0) is 30.3 Å². The van der Waals surface area contributed by atoms with Crippen LogP contribution in [0.4, 0.5) is 5.95 Å². The Kier molecular flexibility index (Phi) is 4.94. The van der Waals surface area contributed by atoms with Crippen molar-refractivity contribution < 1.29 is 4.74 Å². The number of hydrogen-bond donors (Lipinski definition) is 0. The molecular weight excluding hydrogens is 402 g/mol. The maximum Gasteiger partial charge on any atom is 0.227 e. The topological polar surface area (TPSA) is 73.9 Å². The molecule has 1 aromatic carbocycles. The summed E-state index contributed by atoms with van der Waals surface area (Å²) in [5.74, 6) is 1.58. The number of imidazole rings is 1. The molecule has 5 rings (SSSR count). The van der Waals surface area contributed by atoms with E-state index in [9.17, 15) is 0 Å². The molecule has 1 aliphatic rings. The quantitative estimate of drug-likeness (QED) is 0.503.